The van der Waals surface area contributed by atoms with Gasteiger partial charge in [-0.25, -0.2) is 4.98 Å². The first kappa shape index (κ1) is 16.7. The van der Waals surface area contributed by atoms with Crippen molar-refractivity contribution in [2.45, 2.75) is 25.8 Å². The van der Waals surface area contributed by atoms with Crippen LogP contribution < -0.4 is 5.32 Å². The fourth-order valence-corrected chi connectivity index (χ4v) is 3.97. The highest BCUT2D eigenvalue weighted by atomic mass is 16.5. The van der Waals surface area contributed by atoms with Crippen LogP contribution in [0.5, 0.6) is 0 Å². The number of amides is 1. The second-order valence-corrected chi connectivity index (χ2v) is 7.13. The largest absolute Gasteiger partial charge is 0.345 e. The van der Waals surface area contributed by atoms with Crippen molar-refractivity contribution in [1.82, 2.24) is 15.5 Å². The number of aryl methyl sites for hydroxylation is 2. The summed E-state index contributed by atoms with van der Waals surface area (Å²) in [5.74, 6) is -0.127. The van der Waals surface area contributed by atoms with E-state index in [1.165, 1.54) is 11.1 Å². The Morgan fingerprint density at radius 1 is 1.11 bits per heavy atom. The number of benzene rings is 2. The van der Waals surface area contributed by atoms with E-state index in [4.69, 9.17) is 4.52 Å². The van der Waals surface area contributed by atoms with Crippen LogP contribution in [-0.4, -0.2) is 16.0 Å². The molecule has 2 heterocycles. The molecular weight excluding hydrogens is 350 g/mol. The molecule has 0 radical (unpaired) electrons. The van der Waals surface area contributed by atoms with Gasteiger partial charge in [0.15, 0.2) is 0 Å². The lowest BCUT2D eigenvalue weighted by Crippen LogP contribution is -2.27. The summed E-state index contributed by atoms with van der Waals surface area (Å²) in [5.41, 5.74) is 5.73. The molecule has 1 N–H and O–H groups in total. The van der Waals surface area contributed by atoms with E-state index in [2.05, 4.69) is 27.6 Å². The second-order valence-electron chi connectivity index (χ2n) is 7.13. The van der Waals surface area contributed by atoms with Gasteiger partial charge >= 0.3 is 0 Å². The third-order valence-corrected chi connectivity index (χ3v) is 5.37. The van der Waals surface area contributed by atoms with Crippen molar-refractivity contribution >= 4 is 17.0 Å². The Kier molecular flexibility index (Phi) is 3.93. The van der Waals surface area contributed by atoms with E-state index in [-0.39, 0.29) is 11.9 Å². The Balaban J connectivity index is 1.56. The summed E-state index contributed by atoms with van der Waals surface area (Å²) in [7, 11) is 0. The number of rotatable bonds is 3. The molecule has 138 valence electrons. The number of aromatic nitrogens is 2. The number of pyridine rings is 1. The third kappa shape index (κ3) is 2.76. The summed E-state index contributed by atoms with van der Waals surface area (Å²) in [6.07, 6.45) is 1.89. The van der Waals surface area contributed by atoms with Gasteiger partial charge in [0.25, 0.3) is 11.6 Å². The standard InChI is InChI=1S/C23H19N3O2/c1-14-21-18(22(27)24-19-12-11-15-7-5-6-10-17(15)19)13-20(25-23(21)28-26-14)16-8-3-2-4-9-16/h2-10,13,19H,11-12H2,1H3,(H,24,27)/t19-/m0/s1. The van der Waals surface area contributed by atoms with Crippen molar-refractivity contribution in [1.29, 1.82) is 0 Å². The molecule has 5 heteroatoms. The first-order chi connectivity index (χ1) is 13.7. The van der Waals surface area contributed by atoms with Crippen molar-refractivity contribution in [3.8, 4) is 11.3 Å². The number of carbonyl (C=O) groups excluding carboxylic acids is 1. The monoisotopic (exact) mass is 369 g/mol. The number of nitrogens with one attached hydrogen (secondary N) is 1. The van der Waals surface area contributed by atoms with Crippen LogP contribution in [0.3, 0.4) is 0 Å². The van der Waals surface area contributed by atoms with Gasteiger partial charge in [0.2, 0.25) is 0 Å². The van der Waals surface area contributed by atoms with Crippen LogP contribution in [0.2, 0.25) is 0 Å². The number of nitrogens with zero attached hydrogens (tertiary/aromatic N) is 2. The van der Waals surface area contributed by atoms with E-state index < -0.39 is 0 Å². The van der Waals surface area contributed by atoms with Gasteiger partial charge in [-0.3, -0.25) is 4.79 Å². The number of carbonyl (C=O) groups is 1. The normalized spacial score (nSPS) is 15.5. The summed E-state index contributed by atoms with van der Waals surface area (Å²) in [6, 6.07) is 19.9. The van der Waals surface area contributed by atoms with E-state index in [0.717, 1.165) is 18.4 Å². The van der Waals surface area contributed by atoms with Gasteiger partial charge in [-0.2, -0.15) is 0 Å². The Morgan fingerprint density at radius 2 is 1.89 bits per heavy atom. The third-order valence-electron chi connectivity index (χ3n) is 5.37. The van der Waals surface area contributed by atoms with Gasteiger partial charge in [0.05, 0.1) is 28.4 Å². The van der Waals surface area contributed by atoms with Gasteiger partial charge in [-0.05, 0) is 37.0 Å². The summed E-state index contributed by atoms with van der Waals surface area (Å²) < 4.78 is 5.39. The first-order valence-electron chi connectivity index (χ1n) is 9.42. The summed E-state index contributed by atoms with van der Waals surface area (Å²) >= 11 is 0. The highest BCUT2D eigenvalue weighted by molar-refractivity contribution is 6.07. The van der Waals surface area contributed by atoms with Crippen molar-refractivity contribution in [3.05, 3.63) is 83.0 Å². The minimum atomic E-state index is -0.127. The van der Waals surface area contributed by atoms with Crippen molar-refractivity contribution in [2.75, 3.05) is 0 Å². The molecule has 1 atom stereocenters. The van der Waals surface area contributed by atoms with Gasteiger partial charge in [0, 0.05) is 5.56 Å². The fourth-order valence-electron chi connectivity index (χ4n) is 3.97. The molecule has 0 unspecified atom stereocenters. The molecule has 0 bridgehead atoms. The summed E-state index contributed by atoms with van der Waals surface area (Å²) in [5, 5.41) is 7.90. The van der Waals surface area contributed by atoms with Gasteiger partial charge in [0.1, 0.15) is 0 Å². The molecule has 1 amide bonds. The molecule has 2 aromatic carbocycles. The zero-order valence-electron chi connectivity index (χ0n) is 15.5. The molecule has 5 nitrogen and oxygen atoms in total. The highest BCUT2D eigenvalue weighted by Gasteiger charge is 2.26. The van der Waals surface area contributed by atoms with Crippen molar-refractivity contribution in [3.63, 3.8) is 0 Å². The fraction of sp³-hybridized carbons (Fsp3) is 0.174. The quantitative estimate of drug-likeness (QED) is 0.572. The second kappa shape index (κ2) is 6.60. The van der Waals surface area contributed by atoms with E-state index in [1.54, 1.807) is 0 Å². The molecule has 0 saturated heterocycles. The zero-order chi connectivity index (χ0) is 19.1. The average molecular weight is 369 g/mol. The smallest absolute Gasteiger partial charge is 0.259 e. The molecule has 1 aliphatic carbocycles. The molecule has 5 rings (SSSR count). The number of hydrogen-bond donors (Lipinski definition) is 1. The first-order valence-corrected chi connectivity index (χ1v) is 9.42. The maximum absolute atomic E-state index is 13.2. The molecule has 0 spiro atoms. The lowest BCUT2D eigenvalue weighted by Gasteiger charge is -2.15. The molecule has 0 aliphatic heterocycles. The summed E-state index contributed by atoms with van der Waals surface area (Å²) in [4.78, 5) is 17.8. The molecule has 1 aliphatic rings. The SMILES string of the molecule is Cc1noc2nc(-c3ccccc3)cc(C(=O)N[C@H]3CCc4ccccc43)c12. The maximum Gasteiger partial charge on any atom is 0.259 e. The number of fused-ring (bicyclic) bond motifs is 2. The van der Waals surface area contributed by atoms with Gasteiger partial charge in [-0.1, -0.05) is 59.8 Å². The zero-order valence-corrected chi connectivity index (χ0v) is 15.5. The van der Waals surface area contributed by atoms with E-state index in [9.17, 15) is 4.79 Å². The van der Waals surface area contributed by atoms with Crippen LogP contribution in [0, 0.1) is 6.92 Å². The Labute approximate surface area is 162 Å². The molecule has 28 heavy (non-hydrogen) atoms. The predicted octanol–water partition coefficient (Wildman–Crippen LogP) is 4.62. The Morgan fingerprint density at radius 3 is 2.75 bits per heavy atom. The Hall–Kier alpha value is -3.47. The minimum absolute atomic E-state index is 0.0206. The van der Waals surface area contributed by atoms with E-state index in [0.29, 0.717) is 28.1 Å². The van der Waals surface area contributed by atoms with Crippen LogP contribution in [0.1, 0.15) is 39.6 Å². The van der Waals surface area contributed by atoms with Crippen LogP contribution in [0.4, 0.5) is 0 Å². The van der Waals surface area contributed by atoms with Gasteiger partial charge in [-0.15, -0.1) is 0 Å². The molecule has 0 saturated carbocycles. The van der Waals surface area contributed by atoms with Gasteiger partial charge < -0.3 is 9.84 Å². The van der Waals surface area contributed by atoms with E-state index in [1.807, 2.05) is 55.5 Å². The molecule has 4 aromatic rings. The predicted molar refractivity (Wildman–Crippen MR) is 107 cm³/mol. The minimum Gasteiger partial charge on any atom is -0.345 e. The lowest BCUT2D eigenvalue weighted by molar-refractivity contribution is 0.0938. The van der Waals surface area contributed by atoms with Crippen LogP contribution >= 0.6 is 0 Å². The maximum atomic E-state index is 13.2. The lowest BCUT2D eigenvalue weighted by atomic mass is 10.0. The van der Waals surface area contributed by atoms with Crippen LogP contribution in [0.15, 0.2) is 65.2 Å². The average Bonchev–Trinajstić information content (AvgIpc) is 3.32. The number of hydrogen-bond acceptors (Lipinski definition) is 4. The topological polar surface area (TPSA) is 68.0 Å². The molecular formula is C23H19N3O2. The molecule has 2 aromatic heterocycles. The Bertz CT molecular complexity index is 1180. The highest BCUT2D eigenvalue weighted by Crippen LogP contribution is 2.32. The van der Waals surface area contributed by atoms with Crippen molar-refractivity contribution in [2.24, 2.45) is 0 Å². The molecule has 0 fully saturated rings. The summed E-state index contributed by atoms with van der Waals surface area (Å²) in [6.45, 7) is 1.83. The van der Waals surface area contributed by atoms with E-state index >= 15 is 0 Å². The van der Waals surface area contributed by atoms with Crippen molar-refractivity contribution < 1.29 is 9.32 Å². The van der Waals surface area contributed by atoms with Crippen LogP contribution in [0.25, 0.3) is 22.4 Å². The van der Waals surface area contributed by atoms with Crippen LogP contribution in [-0.2, 0) is 6.42 Å².